The Bertz CT molecular complexity index is 1730. The number of ether oxygens (including phenoxy) is 2. The molecule has 3 N–H and O–H groups in total. The zero-order valence-electron chi connectivity index (χ0n) is 33.5. The van der Waals surface area contributed by atoms with Gasteiger partial charge in [0, 0.05) is 33.5 Å². The number of fused-ring (bicyclic) bond motifs is 1. The molecular formula is C42H57N5O9. The van der Waals surface area contributed by atoms with E-state index in [0.717, 1.165) is 5.57 Å². The molecule has 2 fully saturated rings. The van der Waals surface area contributed by atoms with Crippen LogP contribution in [0.4, 0.5) is 0 Å². The molecule has 0 saturated carbocycles. The molecule has 4 rings (SSSR count). The monoisotopic (exact) mass is 775 g/mol. The SMILES string of the molecule is CC[C@H](C)[C@H]1C(=O)N[C@@H](Cc2ccc(OCC=C(C)C)cc2)C(=O)N(C)[C@@H](C)C(=O)O[C@H](Cc2ccccc2)C(=O)N2CCC[C@@H]2C(=O)N[C@@H](CO)C(=O)N1C. The van der Waals surface area contributed by atoms with E-state index < -0.39 is 84.3 Å². The van der Waals surface area contributed by atoms with Gasteiger partial charge < -0.3 is 39.9 Å². The summed E-state index contributed by atoms with van der Waals surface area (Å²) < 4.78 is 11.7. The third kappa shape index (κ3) is 11.0. The minimum Gasteiger partial charge on any atom is -0.490 e. The number of allylic oxidation sites excluding steroid dienone is 1. The van der Waals surface area contributed by atoms with Gasteiger partial charge in [-0.3, -0.25) is 24.0 Å². The summed E-state index contributed by atoms with van der Waals surface area (Å²) in [6.45, 7) is 8.89. The first-order chi connectivity index (χ1) is 26.7. The zero-order chi connectivity index (χ0) is 41.1. The van der Waals surface area contributed by atoms with Gasteiger partial charge in [-0.25, -0.2) is 4.79 Å². The first-order valence-electron chi connectivity index (χ1n) is 19.3. The number of esters is 1. The fourth-order valence-corrected chi connectivity index (χ4v) is 6.92. The standard InChI is InChI=1S/C42H57N5O9/c1-8-27(4)36-38(50)43-32(23-30-16-18-31(19-17-30)55-22-20-26(2)3)39(51)45(6)28(5)42(54)56-35(24-29-13-10-9-11-14-29)41(53)47-21-12-15-34(47)37(49)44-33(25-48)40(52)46(36)7/h9-11,13-14,16-20,27-28,32-36,48H,8,12,15,21-25H2,1-7H3,(H,43,50)(H,44,49)/t27-,28-,32-,33-,34+,35+,36-/m0/s1. The van der Waals surface area contributed by atoms with Gasteiger partial charge in [-0.2, -0.15) is 0 Å². The van der Waals surface area contributed by atoms with Gasteiger partial charge in [0.2, 0.25) is 23.6 Å². The number of nitrogens with one attached hydrogen (secondary N) is 2. The van der Waals surface area contributed by atoms with Crippen molar-refractivity contribution in [2.45, 2.75) is 103 Å². The largest absolute Gasteiger partial charge is 0.490 e. The van der Waals surface area contributed by atoms with E-state index in [-0.39, 0.29) is 25.8 Å². The van der Waals surface area contributed by atoms with Crippen molar-refractivity contribution in [1.82, 2.24) is 25.3 Å². The van der Waals surface area contributed by atoms with Gasteiger partial charge in [-0.15, -0.1) is 0 Å². The van der Waals surface area contributed by atoms with Crippen LogP contribution >= 0.6 is 0 Å². The van der Waals surface area contributed by atoms with Crippen LogP contribution in [0, 0.1) is 5.92 Å². The Hall–Kier alpha value is -5.24. The summed E-state index contributed by atoms with van der Waals surface area (Å²) in [5.74, 6) is -3.83. The average molecular weight is 776 g/mol. The Balaban J connectivity index is 1.75. The highest BCUT2D eigenvalue weighted by Gasteiger charge is 2.43. The summed E-state index contributed by atoms with van der Waals surface area (Å²) in [7, 11) is 2.84. The Kier molecular flexibility index (Phi) is 15.6. The highest BCUT2D eigenvalue weighted by atomic mass is 16.6. The number of amides is 5. The molecule has 2 aromatic rings. The quantitative estimate of drug-likeness (QED) is 0.242. The molecule has 2 saturated heterocycles. The summed E-state index contributed by atoms with van der Waals surface area (Å²) in [6.07, 6.45) is 1.87. The Morgan fingerprint density at radius 3 is 2.12 bits per heavy atom. The summed E-state index contributed by atoms with van der Waals surface area (Å²) in [6, 6.07) is 10.1. The maximum absolute atomic E-state index is 14.4. The van der Waals surface area contributed by atoms with Crippen LogP contribution in [-0.2, 0) is 46.3 Å². The van der Waals surface area contributed by atoms with Crippen LogP contribution in [-0.4, -0.2) is 125 Å². The molecule has 5 amide bonds. The molecule has 0 spiro atoms. The number of benzene rings is 2. The first kappa shape index (κ1) is 43.5. The molecule has 0 bridgehead atoms. The lowest BCUT2D eigenvalue weighted by Crippen LogP contribution is -2.61. The van der Waals surface area contributed by atoms with Crippen LogP contribution in [0.5, 0.6) is 5.75 Å². The van der Waals surface area contributed by atoms with Gasteiger partial charge >= 0.3 is 5.97 Å². The predicted octanol–water partition coefficient (Wildman–Crippen LogP) is 2.42. The van der Waals surface area contributed by atoms with E-state index in [0.29, 0.717) is 36.3 Å². The number of hydrogen-bond donors (Lipinski definition) is 3. The molecule has 56 heavy (non-hydrogen) atoms. The van der Waals surface area contributed by atoms with Crippen LogP contribution in [0.1, 0.15) is 65.0 Å². The van der Waals surface area contributed by atoms with E-state index in [9.17, 15) is 33.9 Å². The van der Waals surface area contributed by atoms with E-state index in [1.165, 1.54) is 35.7 Å². The number of aliphatic hydroxyl groups excluding tert-OH is 1. The van der Waals surface area contributed by atoms with E-state index in [4.69, 9.17) is 9.47 Å². The van der Waals surface area contributed by atoms with Gasteiger partial charge in [-0.05, 0) is 68.9 Å². The number of likely N-dealkylation sites (N-methyl/N-ethyl adjacent to an activating group) is 2. The number of aliphatic hydroxyl groups is 1. The van der Waals surface area contributed by atoms with Crippen molar-refractivity contribution >= 4 is 35.5 Å². The third-order valence-corrected chi connectivity index (χ3v) is 10.6. The number of nitrogens with zero attached hydrogens (tertiary/aromatic N) is 3. The van der Waals surface area contributed by atoms with Crippen molar-refractivity contribution in [3.63, 3.8) is 0 Å². The van der Waals surface area contributed by atoms with Gasteiger partial charge in [0.1, 0.15) is 42.6 Å². The third-order valence-electron chi connectivity index (χ3n) is 10.6. The normalized spacial score (nSPS) is 25.0. The molecule has 2 aromatic carbocycles. The van der Waals surface area contributed by atoms with Crippen molar-refractivity contribution in [3.8, 4) is 5.75 Å². The molecule has 14 heteroatoms. The number of cyclic esters (lactones) is 1. The molecule has 0 radical (unpaired) electrons. The molecule has 2 heterocycles. The number of carbonyl (C=O) groups excluding carboxylic acids is 6. The average Bonchev–Trinajstić information content (AvgIpc) is 3.69. The fraction of sp³-hybridized carbons (Fsp3) is 0.524. The van der Waals surface area contributed by atoms with Crippen molar-refractivity contribution in [3.05, 3.63) is 77.4 Å². The van der Waals surface area contributed by atoms with E-state index in [1.54, 1.807) is 55.5 Å². The lowest BCUT2D eigenvalue weighted by molar-refractivity contribution is -0.166. The minimum atomic E-state index is -1.43. The van der Waals surface area contributed by atoms with Crippen molar-refractivity contribution in [2.75, 3.05) is 33.9 Å². The lowest BCUT2D eigenvalue weighted by atomic mass is 9.95. The maximum Gasteiger partial charge on any atom is 0.329 e. The predicted molar refractivity (Wildman–Crippen MR) is 209 cm³/mol. The molecular weight excluding hydrogens is 718 g/mol. The summed E-state index contributed by atoms with van der Waals surface area (Å²) in [5.41, 5.74) is 2.51. The van der Waals surface area contributed by atoms with Gasteiger partial charge in [-0.1, -0.05) is 68.3 Å². The maximum atomic E-state index is 14.4. The van der Waals surface area contributed by atoms with Crippen molar-refractivity contribution < 1.29 is 43.3 Å². The summed E-state index contributed by atoms with van der Waals surface area (Å²) in [5, 5.41) is 15.8. The van der Waals surface area contributed by atoms with Gasteiger partial charge in [0.25, 0.3) is 5.91 Å². The summed E-state index contributed by atoms with van der Waals surface area (Å²) in [4.78, 5) is 88.1. The second-order valence-corrected chi connectivity index (χ2v) is 15.0. The lowest BCUT2D eigenvalue weighted by Gasteiger charge is -2.36. The number of hydrogen-bond acceptors (Lipinski definition) is 9. The van der Waals surface area contributed by atoms with Gasteiger partial charge in [0.15, 0.2) is 6.10 Å². The summed E-state index contributed by atoms with van der Waals surface area (Å²) >= 11 is 0. The second-order valence-electron chi connectivity index (χ2n) is 15.0. The molecule has 0 unspecified atom stereocenters. The van der Waals surface area contributed by atoms with Crippen LogP contribution in [0.2, 0.25) is 0 Å². The van der Waals surface area contributed by atoms with Gasteiger partial charge in [0.05, 0.1) is 6.61 Å². The molecule has 14 nitrogen and oxygen atoms in total. The molecule has 304 valence electrons. The zero-order valence-corrected chi connectivity index (χ0v) is 33.5. The molecule has 0 aliphatic carbocycles. The van der Waals surface area contributed by atoms with E-state index in [2.05, 4.69) is 10.6 Å². The van der Waals surface area contributed by atoms with Crippen LogP contribution < -0.4 is 15.4 Å². The first-order valence-corrected chi connectivity index (χ1v) is 19.3. The Morgan fingerprint density at radius 1 is 0.875 bits per heavy atom. The molecule has 2 aliphatic rings. The number of carbonyl (C=O) groups is 6. The molecule has 0 aromatic heterocycles. The smallest absolute Gasteiger partial charge is 0.329 e. The van der Waals surface area contributed by atoms with Crippen molar-refractivity contribution in [1.29, 1.82) is 0 Å². The highest BCUT2D eigenvalue weighted by molar-refractivity contribution is 5.97. The molecule has 2 aliphatic heterocycles. The minimum absolute atomic E-state index is 0.00686. The van der Waals surface area contributed by atoms with Crippen LogP contribution in [0.3, 0.4) is 0 Å². The fourth-order valence-electron chi connectivity index (χ4n) is 6.92. The second kappa shape index (κ2) is 20.1. The topological polar surface area (TPSA) is 175 Å². The Morgan fingerprint density at radius 2 is 1.50 bits per heavy atom. The van der Waals surface area contributed by atoms with Crippen LogP contribution in [0.25, 0.3) is 0 Å². The van der Waals surface area contributed by atoms with Crippen LogP contribution in [0.15, 0.2) is 66.2 Å². The van der Waals surface area contributed by atoms with Crippen molar-refractivity contribution in [2.24, 2.45) is 5.92 Å². The van der Waals surface area contributed by atoms with E-state index >= 15 is 0 Å². The Labute approximate surface area is 329 Å². The molecule has 7 atom stereocenters. The van der Waals surface area contributed by atoms with E-state index in [1.807, 2.05) is 32.9 Å². The highest BCUT2D eigenvalue weighted by Crippen LogP contribution is 2.23. The number of rotatable bonds is 10.